The number of hydrogen-bond donors (Lipinski definition) is 2. The van der Waals surface area contributed by atoms with Gasteiger partial charge in [0.05, 0.1) is 0 Å². The van der Waals surface area contributed by atoms with Gasteiger partial charge in [0.25, 0.3) is 12.3 Å². The Morgan fingerprint density at radius 2 is 2.06 bits per heavy atom. The second kappa shape index (κ2) is 5.72. The lowest BCUT2D eigenvalue weighted by Crippen LogP contribution is -2.36. The molecule has 0 saturated carbocycles. The molecule has 0 aromatic heterocycles. The summed E-state index contributed by atoms with van der Waals surface area (Å²) >= 11 is 0. The predicted octanol–water partition coefficient (Wildman–Crippen LogP) is 1.66. The third-order valence-electron chi connectivity index (χ3n) is 2.40. The normalized spacial score (nSPS) is 12.6. The molecule has 5 heteroatoms. The summed E-state index contributed by atoms with van der Waals surface area (Å²) in [5, 5.41) is 11.2. The van der Waals surface area contributed by atoms with E-state index in [1.165, 1.54) is 0 Å². The number of halogens is 2. The Balaban J connectivity index is 2.67. The van der Waals surface area contributed by atoms with Crippen molar-refractivity contribution in [3.05, 3.63) is 34.9 Å². The lowest BCUT2D eigenvalue weighted by Gasteiger charge is -2.12. The molecule has 94 valence electrons. The van der Waals surface area contributed by atoms with E-state index in [0.29, 0.717) is 5.56 Å². The van der Waals surface area contributed by atoms with Crippen LogP contribution in [0.3, 0.4) is 0 Å². The van der Waals surface area contributed by atoms with Gasteiger partial charge in [-0.15, -0.1) is 0 Å². The topological polar surface area (TPSA) is 49.3 Å². The third-order valence-corrected chi connectivity index (χ3v) is 2.40. The minimum atomic E-state index is -2.85. The van der Waals surface area contributed by atoms with E-state index in [9.17, 15) is 13.6 Å². The molecule has 1 rings (SSSR count). The number of aliphatic hydroxyl groups is 1. The van der Waals surface area contributed by atoms with Crippen LogP contribution in [0.15, 0.2) is 18.2 Å². The van der Waals surface area contributed by atoms with Crippen molar-refractivity contribution in [1.82, 2.24) is 5.32 Å². The number of benzene rings is 1. The zero-order chi connectivity index (χ0) is 13.0. The first-order valence-corrected chi connectivity index (χ1v) is 5.23. The fourth-order valence-corrected chi connectivity index (χ4v) is 1.36. The number of amides is 1. The van der Waals surface area contributed by atoms with Crippen molar-refractivity contribution in [2.24, 2.45) is 0 Å². The quantitative estimate of drug-likeness (QED) is 0.845. The van der Waals surface area contributed by atoms with Crippen molar-refractivity contribution in [3.63, 3.8) is 0 Å². The van der Waals surface area contributed by atoms with Gasteiger partial charge in [0.2, 0.25) is 0 Å². The van der Waals surface area contributed by atoms with Crippen LogP contribution in [0.25, 0.3) is 0 Å². The lowest BCUT2D eigenvalue weighted by molar-refractivity contribution is -0.00270. The summed E-state index contributed by atoms with van der Waals surface area (Å²) in [4.78, 5) is 11.7. The van der Waals surface area contributed by atoms with Crippen molar-refractivity contribution in [2.75, 3.05) is 6.54 Å². The molecule has 17 heavy (non-hydrogen) atoms. The van der Waals surface area contributed by atoms with Crippen molar-refractivity contribution >= 4 is 5.91 Å². The van der Waals surface area contributed by atoms with E-state index < -0.39 is 25.0 Å². The Labute approximate surface area is 98.5 Å². The number of alkyl halides is 2. The van der Waals surface area contributed by atoms with Crippen LogP contribution < -0.4 is 5.32 Å². The SMILES string of the molecule is Cc1ccc(C)c(C(=O)NCC(O)C(F)F)c1. The van der Waals surface area contributed by atoms with Gasteiger partial charge in [0.15, 0.2) is 0 Å². The van der Waals surface area contributed by atoms with Gasteiger partial charge in [0, 0.05) is 12.1 Å². The summed E-state index contributed by atoms with van der Waals surface area (Å²) in [6.07, 6.45) is -4.68. The number of rotatable bonds is 4. The van der Waals surface area contributed by atoms with Crippen LogP contribution in [-0.2, 0) is 0 Å². The summed E-state index contributed by atoms with van der Waals surface area (Å²) in [5.74, 6) is -0.453. The summed E-state index contributed by atoms with van der Waals surface area (Å²) < 4.78 is 24.0. The first-order chi connectivity index (χ1) is 7.91. The van der Waals surface area contributed by atoms with Crippen molar-refractivity contribution in [1.29, 1.82) is 0 Å². The van der Waals surface area contributed by atoms with Crippen LogP contribution in [0.4, 0.5) is 8.78 Å². The molecule has 1 aromatic carbocycles. The minimum Gasteiger partial charge on any atom is -0.385 e. The third kappa shape index (κ3) is 3.78. The molecule has 1 atom stereocenters. The summed E-state index contributed by atoms with van der Waals surface area (Å²) in [5.41, 5.74) is 2.11. The molecule has 3 nitrogen and oxygen atoms in total. The number of carbonyl (C=O) groups excluding carboxylic acids is 1. The highest BCUT2D eigenvalue weighted by Crippen LogP contribution is 2.10. The van der Waals surface area contributed by atoms with Crippen LogP contribution in [0, 0.1) is 13.8 Å². The monoisotopic (exact) mass is 243 g/mol. The molecule has 0 aliphatic heterocycles. The lowest BCUT2D eigenvalue weighted by atomic mass is 10.1. The highest BCUT2D eigenvalue weighted by molar-refractivity contribution is 5.95. The van der Waals surface area contributed by atoms with E-state index in [1.54, 1.807) is 19.1 Å². The molecular formula is C12H15F2NO2. The maximum Gasteiger partial charge on any atom is 0.265 e. The van der Waals surface area contributed by atoms with Crippen LogP contribution in [0.5, 0.6) is 0 Å². The van der Waals surface area contributed by atoms with Gasteiger partial charge in [-0.3, -0.25) is 4.79 Å². The zero-order valence-electron chi connectivity index (χ0n) is 9.71. The Kier molecular flexibility index (Phi) is 4.57. The molecule has 1 unspecified atom stereocenters. The maximum absolute atomic E-state index is 12.0. The van der Waals surface area contributed by atoms with Gasteiger partial charge in [0.1, 0.15) is 6.10 Å². The zero-order valence-corrected chi connectivity index (χ0v) is 9.71. The van der Waals surface area contributed by atoms with Gasteiger partial charge >= 0.3 is 0 Å². The molecular weight excluding hydrogens is 228 g/mol. The van der Waals surface area contributed by atoms with Crippen LogP contribution >= 0.6 is 0 Å². The molecule has 0 aliphatic carbocycles. The van der Waals surface area contributed by atoms with Crippen molar-refractivity contribution < 1.29 is 18.7 Å². The first kappa shape index (κ1) is 13.6. The number of carbonyl (C=O) groups is 1. The summed E-state index contributed by atoms with van der Waals surface area (Å²) in [7, 11) is 0. The standard InChI is InChI=1S/C12H15F2NO2/c1-7-3-4-8(2)9(5-7)12(17)15-6-10(16)11(13)14/h3-5,10-11,16H,6H2,1-2H3,(H,15,17). The smallest absolute Gasteiger partial charge is 0.265 e. The van der Waals surface area contributed by atoms with Crippen molar-refractivity contribution in [2.45, 2.75) is 26.4 Å². The second-order valence-corrected chi connectivity index (χ2v) is 3.93. The second-order valence-electron chi connectivity index (χ2n) is 3.93. The Morgan fingerprint density at radius 3 is 2.65 bits per heavy atom. The molecule has 0 bridgehead atoms. The van der Waals surface area contributed by atoms with E-state index in [1.807, 2.05) is 13.0 Å². The Morgan fingerprint density at radius 1 is 1.41 bits per heavy atom. The fraction of sp³-hybridized carbons (Fsp3) is 0.417. The summed E-state index contributed by atoms with van der Waals surface area (Å²) in [6.45, 7) is 3.14. The van der Waals surface area contributed by atoms with E-state index in [2.05, 4.69) is 5.32 Å². The number of aliphatic hydroxyl groups excluding tert-OH is 1. The summed E-state index contributed by atoms with van der Waals surface area (Å²) in [6, 6.07) is 5.33. The first-order valence-electron chi connectivity index (χ1n) is 5.23. The molecule has 1 aromatic rings. The highest BCUT2D eigenvalue weighted by Gasteiger charge is 2.18. The van der Waals surface area contributed by atoms with Gasteiger partial charge in [-0.25, -0.2) is 8.78 Å². The molecule has 0 radical (unpaired) electrons. The molecule has 0 heterocycles. The molecule has 0 fully saturated rings. The average Bonchev–Trinajstić information content (AvgIpc) is 2.28. The Hall–Kier alpha value is -1.49. The molecule has 2 N–H and O–H groups in total. The Bertz CT molecular complexity index is 407. The van der Waals surface area contributed by atoms with Gasteiger partial charge in [-0.05, 0) is 25.5 Å². The molecule has 0 spiro atoms. The van der Waals surface area contributed by atoms with Crippen LogP contribution in [0.1, 0.15) is 21.5 Å². The van der Waals surface area contributed by atoms with Crippen LogP contribution in [0.2, 0.25) is 0 Å². The maximum atomic E-state index is 12.0. The fourth-order valence-electron chi connectivity index (χ4n) is 1.36. The van der Waals surface area contributed by atoms with Gasteiger partial charge in [-0.2, -0.15) is 0 Å². The van der Waals surface area contributed by atoms with Gasteiger partial charge < -0.3 is 10.4 Å². The van der Waals surface area contributed by atoms with E-state index >= 15 is 0 Å². The molecule has 0 saturated heterocycles. The number of nitrogens with one attached hydrogen (secondary N) is 1. The number of hydrogen-bond acceptors (Lipinski definition) is 2. The van der Waals surface area contributed by atoms with E-state index in [-0.39, 0.29) is 0 Å². The minimum absolute atomic E-state index is 0.437. The highest BCUT2D eigenvalue weighted by atomic mass is 19.3. The number of aryl methyl sites for hydroxylation is 2. The predicted molar refractivity (Wildman–Crippen MR) is 60.3 cm³/mol. The van der Waals surface area contributed by atoms with E-state index in [4.69, 9.17) is 5.11 Å². The van der Waals surface area contributed by atoms with Gasteiger partial charge in [-0.1, -0.05) is 17.7 Å². The van der Waals surface area contributed by atoms with E-state index in [0.717, 1.165) is 11.1 Å². The molecule has 0 aliphatic rings. The van der Waals surface area contributed by atoms with Crippen LogP contribution in [-0.4, -0.2) is 30.1 Å². The molecule has 1 amide bonds. The largest absolute Gasteiger partial charge is 0.385 e. The van der Waals surface area contributed by atoms with Crippen molar-refractivity contribution in [3.8, 4) is 0 Å². The average molecular weight is 243 g/mol.